The number of hydrogen-bond acceptors (Lipinski definition) is 5. The molecule has 0 rings (SSSR count). The van der Waals surface area contributed by atoms with Crippen LogP contribution in [0.4, 0.5) is 0 Å². The van der Waals surface area contributed by atoms with Gasteiger partial charge >= 0.3 is 11.9 Å². The van der Waals surface area contributed by atoms with Crippen LogP contribution in [-0.2, 0) is 19.4 Å². The Morgan fingerprint density at radius 1 is 1.50 bits per heavy atom. The monoisotopic (exact) mass is 200 g/mol. The maximum absolute atomic E-state index is 11.0. The minimum atomic E-state index is -0.995. The zero-order chi connectivity index (χ0) is 11.1. The van der Waals surface area contributed by atoms with Gasteiger partial charge in [0.1, 0.15) is 0 Å². The van der Waals surface area contributed by atoms with Crippen LogP contribution in [0.2, 0.25) is 0 Å². The number of hydrogen-bond donors (Lipinski definition) is 1. The highest BCUT2D eigenvalue weighted by molar-refractivity contribution is 5.89. The van der Waals surface area contributed by atoms with E-state index in [-0.39, 0.29) is 5.57 Å². The fourth-order valence-corrected chi connectivity index (χ4v) is 0.549. The summed E-state index contributed by atoms with van der Waals surface area (Å²) in [4.78, 5) is 29.5. The second kappa shape index (κ2) is 5.93. The van der Waals surface area contributed by atoms with E-state index in [9.17, 15) is 9.59 Å². The molecule has 0 fully saturated rings. The van der Waals surface area contributed by atoms with Gasteiger partial charge in [-0.2, -0.15) is 0 Å². The van der Waals surface area contributed by atoms with Gasteiger partial charge in [-0.3, -0.25) is 0 Å². The summed E-state index contributed by atoms with van der Waals surface area (Å²) in [6.07, 6.45) is 0.167. The van der Waals surface area contributed by atoms with Crippen molar-refractivity contribution in [3.63, 3.8) is 0 Å². The second-order valence-electron chi connectivity index (χ2n) is 2.43. The molecule has 0 aliphatic carbocycles. The van der Waals surface area contributed by atoms with E-state index in [1.54, 1.807) is 6.92 Å². The average Bonchev–Trinajstić information content (AvgIpc) is 2.22. The van der Waals surface area contributed by atoms with Crippen molar-refractivity contribution in [1.82, 2.24) is 0 Å². The maximum Gasteiger partial charge on any atom is 0.384 e. The first-order valence-electron chi connectivity index (χ1n) is 3.95. The molecule has 78 valence electrons. The lowest BCUT2D eigenvalue weighted by Crippen LogP contribution is -2.19. The molecule has 0 spiro atoms. The highest BCUT2D eigenvalue weighted by Crippen LogP contribution is 2.05. The van der Waals surface area contributed by atoms with E-state index in [4.69, 9.17) is 5.11 Å². The first-order chi connectivity index (χ1) is 6.52. The topological polar surface area (TPSA) is 72.8 Å². The van der Waals surface area contributed by atoms with E-state index in [2.05, 4.69) is 22.9 Å². The van der Waals surface area contributed by atoms with Crippen LogP contribution in [0, 0.1) is 0 Å². The molecule has 0 radical (unpaired) electrons. The van der Waals surface area contributed by atoms with E-state index in [1.165, 1.54) is 0 Å². The van der Waals surface area contributed by atoms with E-state index in [0.717, 1.165) is 6.08 Å². The summed E-state index contributed by atoms with van der Waals surface area (Å²) in [6.45, 7) is 8.05. The Bertz CT molecular complexity index is 256. The first kappa shape index (κ1) is 12.4. The Morgan fingerprint density at radius 3 is 2.50 bits per heavy atom. The van der Waals surface area contributed by atoms with Gasteiger partial charge in [0, 0.05) is 6.08 Å². The van der Waals surface area contributed by atoms with Crippen molar-refractivity contribution in [2.75, 3.05) is 0 Å². The van der Waals surface area contributed by atoms with E-state index < -0.39 is 18.0 Å². The molecule has 0 aliphatic rings. The van der Waals surface area contributed by atoms with Crippen molar-refractivity contribution in [3.8, 4) is 0 Å². The van der Waals surface area contributed by atoms with Gasteiger partial charge in [0.15, 0.2) is 0 Å². The molecule has 0 heterocycles. The Morgan fingerprint density at radius 2 is 2.07 bits per heavy atom. The Labute approximate surface area is 81.6 Å². The van der Waals surface area contributed by atoms with Crippen molar-refractivity contribution in [1.29, 1.82) is 0 Å². The Hall–Kier alpha value is -1.62. The quantitative estimate of drug-likeness (QED) is 0.406. The van der Waals surface area contributed by atoms with Crippen LogP contribution in [-0.4, -0.2) is 23.1 Å². The van der Waals surface area contributed by atoms with Crippen LogP contribution in [0.3, 0.4) is 0 Å². The molecule has 0 bridgehead atoms. The van der Waals surface area contributed by atoms with Crippen LogP contribution >= 0.6 is 0 Å². The molecule has 5 heteroatoms. The number of aliphatic hydroxyl groups excluding tert-OH is 1. The summed E-state index contributed by atoms with van der Waals surface area (Å²) in [6, 6.07) is 0. The molecule has 14 heavy (non-hydrogen) atoms. The minimum Gasteiger partial charge on any atom is -0.388 e. The van der Waals surface area contributed by atoms with Crippen LogP contribution in [0.15, 0.2) is 24.8 Å². The number of rotatable bonds is 4. The number of carbonyl (C=O) groups excluding carboxylic acids is 2. The predicted octanol–water partition coefficient (Wildman–Crippen LogP) is 0.501. The van der Waals surface area contributed by atoms with Crippen molar-refractivity contribution in [2.24, 2.45) is 0 Å². The van der Waals surface area contributed by atoms with E-state index in [1.807, 2.05) is 0 Å². The van der Waals surface area contributed by atoms with Crippen molar-refractivity contribution < 1.29 is 24.5 Å². The van der Waals surface area contributed by atoms with Crippen LogP contribution < -0.4 is 0 Å². The largest absolute Gasteiger partial charge is 0.388 e. The van der Waals surface area contributed by atoms with E-state index >= 15 is 0 Å². The lowest BCUT2D eigenvalue weighted by Gasteiger charge is -2.08. The number of carbonyl (C=O) groups is 2. The molecule has 0 aromatic carbocycles. The summed E-state index contributed by atoms with van der Waals surface area (Å²) in [7, 11) is 0. The van der Waals surface area contributed by atoms with Gasteiger partial charge in [0.2, 0.25) is 0 Å². The van der Waals surface area contributed by atoms with Gasteiger partial charge in [-0.05, 0) is 6.42 Å². The summed E-state index contributed by atoms with van der Waals surface area (Å²) < 4.78 is 0. The lowest BCUT2D eigenvalue weighted by atomic mass is 10.1. The highest BCUT2D eigenvalue weighted by Gasteiger charge is 2.18. The summed E-state index contributed by atoms with van der Waals surface area (Å²) in [5.41, 5.74) is -0.163. The third-order valence-corrected chi connectivity index (χ3v) is 1.42. The smallest absolute Gasteiger partial charge is 0.384 e. The SMILES string of the molecule is C=CC(=O)OOC(=O)C(=C)C(O)CC. The van der Waals surface area contributed by atoms with Crippen molar-refractivity contribution in [2.45, 2.75) is 19.4 Å². The first-order valence-corrected chi connectivity index (χ1v) is 3.95. The molecule has 0 saturated heterocycles. The molecule has 0 aliphatic heterocycles. The van der Waals surface area contributed by atoms with E-state index in [0.29, 0.717) is 6.42 Å². The molecule has 0 saturated carbocycles. The predicted molar refractivity (Wildman–Crippen MR) is 47.8 cm³/mol. The van der Waals surface area contributed by atoms with Gasteiger partial charge in [0.05, 0.1) is 11.7 Å². The fourth-order valence-electron chi connectivity index (χ4n) is 0.549. The van der Waals surface area contributed by atoms with Gasteiger partial charge < -0.3 is 5.11 Å². The summed E-state index contributed by atoms with van der Waals surface area (Å²) in [5, 5.41) is 9.16. The standard InChI is InChI=1S/C9H12O5/c1-4-7(10)6(3)9(12)14-13-8(11)5-2/h5,7,10H,2-4H2,1H3. The summed E-state index contributed by atoms with van der Waals surface area (Å²) >= 11 is 0. The van der Waals surface area contributed by atoms with Gasteiger partial charge in [-0.25, -0.2) is 19.4 Å². The molecule has 0 amide bonds. The molecular weight excluding hydrogens is 188 g/mol. The minimum absolute atomic E-state index is 0.163. The molecule has 0 aromatic rings. The normalized spacial score (nSPS) is 11.3. The Kier molecular flexibility index (Phi) is 5.24. The van der Waals surface area contributed by atoms with Crippen LogP contribution in [0.5, 0.6) is 0 Å². The molecule has 1 N–H and O–H groups in total. The van der Waals surface area contributed by atoms with Crippen LogP contribution in [0.1, 0.15) is 13.3 Å². The Balaban J connectivity index is 4.03. The third-order valence-electron chi connectivity index (χ3n) is 1.42. The fraction of sp³-hybridized carbons (Fsp3) is 0.333. The van der Waals surface area contributed by atoms with Crippen molar-refractivity contribution in [3.05, 3.63) is 24.8 Å². The van der Waals surface area contributed by atoms with Gasteiger partial charge in [-0.15, -0.1) is 0 Å². The van der Waals surface area contributed by atoms with Gasteiger partial charge in [0.25, 0.3) is 0 Å². The van der Waals surface area contributed by atoms with Crippen LogP contribution in [0.25, 0.3) is 0 Å². The maximum atomic E-state index is 11.0. The highest BCUT2D eigenvalue weighted by atomic mass is 17.2. The summed E-state index contributed by atoms with van der Waals surface area (Å²) in [5.74, 6) is -1.87. The van der Waals surface area contributed by atoms with Gasteiger partial charge in [-0.1, -0.05) is 20.1 Å². The zero-order valence-corrected chi connectivity index (χ0v) is 7.86. The zero-order valence-electron chi connectivity index (χ0n) is 7.86. The second-order valence-corrected chi connectivity index (χ2v) is 2.43. The molecule has 1 unspecified atom stereocenters. The molecule has 1 atom stereocenters. The number of aliphatic hydroxyl groups is 1. The lowest BCUT2D eigenvalue weighted by molar-refractivity contribution is -0.252. The average molecular weight is 200 g/mol. The molecular formula is C9H12O5. The molecule has 0 aromatic heterocycles. The molecule has 5 nitrogen and oxygen atoms in total. The van der Waals surface area contributed by atoms with Crippen molar-refractivity contribution >= 4 is 11.9 Å². The third kappa shape index (κ3) is 3.86.